The molecule has 2 aromatic rings. The third-order valence-electron chi connectivity index (χ3n) is 4.94. The molecule has 0 aromatic heterocycles. The summed E-state index contributed by atoms with van der Waals surface area (Å²) in [4.78, 5) is 9.02. The zero-order chi connectivity index (χ0) is 25.5. The highest BCUT2D eigenvalue weighted by Crippen LogP contribution is 2.33. The average molecular weight is 542 g/mol. The zero-order valence-corrected chi connectivity index (χ0v) is 23.7. The molecular weight excluding hydrogens is 507 g/mol. The molecule has 2 rings (SSSR count). The van der Waals surface area contributed by atoms with Gasteiger partial charge in [0.05, 0.1) is 13.2 Å². The van der Waals surface area contributed by atoms with Crippen molar-refractivity contribution in [2.45, 2.75) is 63.1 Å². The molecule has 2 aromatic carbocycles. The lowest BCUT2D eigenvalue weighted by Gasteiger charge is -2.20. The number of hydrogen-bond acceptors (Lipinski definition) is 6. The van der Waals surface area contributed by atoms with Crippen molar-refractivity contribution in [3.05, 3.63) is 68.7 Å². The molecule has 0 bridgehead atoms. The van der Waals surface area contributed by atoms with Crippen LogP contribution >= 0.6 is 44.8 Å². The van der Waals surface area contributed by atoms with Gasteiger partial charge in [0, 0.05) is 22.5 Å². The van der Waals surface area contributed by atoms with E-state index in [1.165, 1.54) is 21.6 Å². The molecule has 8 heteroatoms. The van der Waals surface area contributed by atoms with Crippen LogP contribution in [0.2, 0.25) is 10.0 Å². The highest BCUT2D eigenvalue weighted by Gasteiger charge is 2.17. The smallest absolute Gasteiger partial charge is 0.128 e. The van der Waals surface area contributed by atoms with Gasteiger partial charge in [-0.1, -0.05) is 86.3 Å². The van der Waals surface area contributed by atoms with Crippen molar-refractivity contribution < 1.29 is 10.2 Å². The predicted octanol–water partition coefficient (Wildman–Crippen LogP) is 7.14. The topological polar surface area (TPSA) is 65.2 Å². The lowest BCUT2D eigenvalue weighted by molar-refractivity contribution is 0.296. The van der Waals surface area contributed by atoms with Crippen molar-refractivity contribution in [2.75, 3.05) is 13.2 Å². The highest BCUT2D eigenvalue weighted by atomic mass is 35.5. The van der Waals surface area contributed by atoms with E-state index in [4.69, 9.17) is 23.2 Å². The monoisotopic (exact) mass is 540 g/mol. The largest absolute Gasteiger partial charge is 0.393 e. The Hall–Kier alpha value is -1.02. The van der Waals surface area contributed by atoms with E-state index in [0.29, 0.717) is 10.0 Å². The summed E-state index contributed by atoms with van der Waals surface area (Å²) in [6, 6.07) is 11.7. The van der Waals surface area contributed by atoms with E-state index in [1.54, 1.807) is 12.4 Å². The van der Waals surface area contributed by atoms with Gasteiger partial charge in [0.25, 0.3) is 0 Å². The third-order valence-corrected chi connectivity index (χ3v) is 8.14. The summed E-state index contributed by atoms with van der Waals surface area (Å²) in [7, 11) is 2.74. The molecule has 0 amide bonds. The molecular formula is C26H34Cl2N2O2S2. The van der Waals surface area contributed by atoms with Gasteiger partial charge < -0.3 is 10.2 Å². The highest BCUT2D eigenvalue weighted by molar-refractivity contribution is 8.77. The number of rotatable bonds is 9. The van der Waals surface area contributed by atoms with E-state index < -0.39 is 10.7 Å². The molecule has 2 N–H and O–H groups in total. The first-order chi connectivity index (χ1) is 15.8. The summed E-state index contributed by atoms with van der Waals surface area (Å²) >= 11 is 12.6. The van der Waals surface area contributed by atoms with Crippen molar-refractivity contribution >= 4 is 57.2 Å². The Kier molecular flexibility index (Phi) is 11.0. The Morgan fingerprint density at radius 1 is 0.706 bits per heavy atom. The van der Waals surface area contributed by atoms with Gasteiger partial charge >= 0.3 is 0 Å². The normalized spacial score (nSPS) is 14.8. The molecule has 0 fully saturated rings. The number of aliphatic hydroxyl groups excluding tert-OH is 2. The van der Waals surface area contributed by atoms with Crippen LogP contribution in [0.25, 0.3) is 0 Å². The maximum absolute atomic E-state index is 9.78. The summed E-state index contributed by atoms with van der Waals surface area (Å²) in [6.45, 7) is 12.5. The number of halogens is 2. The van der Waals surface area contributed by atoms with Crippen LogP contribution in [0.1, 0.15) is 63.8 Å². The van der Waals surface area contributed by atoms with E-state index >= 15 is 0 Å². The molecule has 0 saturated heterocycles. The van der Waals surface area contributed by atoms with Gasteiger partial charge in [-0.2, -0.15) is 0 Å². The maximum atomic E-state index is 9.78. The molecule has 0 aliphatic rings. The summed E-state index contributed by atoms with van der Waals surface area (Å²) in [5.74, 6) is 0. The van der Waals surface area contributed by atoms with Crippen molar-refractivity contribution in [3.63, 3.8) is 0 Å². The standard InChI is InChI=1S/C26H34Cl2N2O2S2/c1-25(2,3)19-7-17(9-21(27)11-19)13-29-23(15-31)33-34-24(16-32)30-14-18-8-20(26(4,5)6)12-22(28)10-18/h7-14,23-24,31-32H,15-16H2,1-6H3. The average Bonchev–Trinajstić information content (AvgIpc) is 2.73. The first-order valence-corrected chi connectivity index (χ1v) is 14.1. The van der Waals surface area contributed by atoms with Crippen LogP contribution in [0.3, 0.4) is 0 Å². The van der Waals surface area contributed by atoms with Gasteiger partial charge in [0.1, 0.15) is 10.7 Å². The molecule has 34 heavy (non-hydrogen) atoms. The summed E-state index contributed by atoms with van der Waals surface area (Å²) in [6.07, 6.45) is 3.46. The van der Waals surface area contributed by atoms with Crippen molar-refractivity contribution in [2.24, 2.45) is 9.98 Å². The van der Waals surface area contributed by atoms with Crippen LogP contribution in [0, 0.1) is 0 Å². The minimum atomic E-state index is -0.398. The number of aliphatic hydroxyl groups is 2. The SMILES string of the molecule is CC(C)(C)c1cc(Cl)cc(C=NC(CO)SSC(CO)N=Cc2cc(Cl)cc(C(C)(C)C)c2)c1. The van der Waals surface area contributed by atoms with Crippen LogP contribution in [0.15, 0.2) is 46.4 Å². The maximum Gasteiger partial charge on any atom is 0.128 e. The van der Waals surface area contributed by atoms with Crippen LogP contribution in [0.4, 0.5) is 0 Å². The minimum Gasteiger partial charge on any atom is -0.393 e. The zero-order valence-electron chi connectivity index (χ0n) is 20.5. The molecule has 0 radical (unpaired) electrons. The van der Waals surface area contributed by atoms with E-state index in [9.17, 15) is 10.2 Å². The van der Waals surface area contributed by atoms with Crippen LogP contribution in [-0.2, 0) is 10.8 Å². The van der Waals surface area contributed by atoms with Gasteiger partial charge in [-0.25, -0.2) is 0 Å². The molecule has 186 valence electrons. The number of aliphatic imine (C=N–C) groups is 2. The van der Waals surface area contributed by atoms with E-state index in [1.807, 2.05) is 24.3 Å². The van der Waals surface area contributed by atoms with Crippen molar-refractivity contribution in [1.29, 1.82) is 0 Å². The molecule has 0 spiro atoms. The number of benzene rings is 2. The van der Waals surface area contributed by atoms with Crippen LogP contribution in [-0.4, -0.2) is 46.6 Å². The molecule has 2 atom stereocenters. The Morgan fingerprint density at radius 2 is 1.06 bits per heavy atom. The Balaban J connectivity index is 2.06. The number of nitrogens with zero attached hydrogens (tertiary/aromatic N) is 2. The van der Waals surface area contributed by atoms with Crippen molar-refractivity contribution in [1.82, 2.24) is 0 Å². The molecule has 0 heterocycles. The lowest BCUT2D eigenvalue weighted by Crippen LogP contribution is -2.12. The second kappa shape index (κ2) is 12.8. The van der Waals surface area contributed by atoms with Crippen LogP contribution < -0.4 is 0 Å². The van der Waals surface area contributed by atoms with Gasteiger partial charge in [0.2, 0.25) is 0 Å². The quantitative estimate of drug-likeness (QED) is 0.262. The fourth-order valence-corrected chi connectivity index (χ4v) is 5.43. The summed E-state index contributed by atoms with van der Waals surface area (Å²) < 4.78 is 0. The van der Waals surface area contributed by atoms with Gasteiger partial charge in [-0.15, -0.1) is 0 Å². The Labute approximate surface area is 221 Å². The molecule has 0 aliphatic carbocycles. The van der Waals surface area contributed by atoms with Gasteiger partial charge in [-0.3, -0.25) is 9.98 Å². The minimum absolute atomic E-state index is 0.0303. The summed E-state index contributed by atoms with van der Waals surface area (Å²) in [5.41, 5.74) is 3.95. The van der Waals surface area contributed by atoms with E-state index in [0.717, 1.165) is 22.3 Å². The second-order valence-corrected chi connectivity index (χ2v) is 13.6. The summed E-state index contributed by atoms with van der Waals surface area (Å²) in [5, 5.41) is 20.1. The molecule has 4 nitrogen and oxygen atoms in total. The fourth-order valence-electron chi connectivity index (χ4n) is 2.91. The number of hydrogen-bond donors (Lipinski definition) is 2. The van der Waals surface area contributed by atoms with Crippen molar-refractivity contribution in [3.8, 4) is 0 Å². The van der Waals surface area contributed by atoms with E-state index in [-0.39, 0.29) is 24.0 Å². The fraction of sp³-hybridized carbons (Fsp3) is 0.462. The molecule has 0 saturated carbocycles. The lowest BCUT2D eigenvalue weighted by atomic mass is 9.86. The van der Waals surface area contributed by atoms with E-state index in [2.05, 4.69) is 63.7 Å². The first-order valence-electron chi connectivity index (χ1n) is 11.0. The van der Waals surface area contributed by atoms with Crippen LogP contribution in [0.5, 0.6) is 0 Å². The van der Waals surface area contributed by atoms with Gasteiger partial charge in [0.15, 0.2) is 0 Å². The predicted molar refractivity (Wildman–Crippen MR) is 152 cm³/mol. The Morgan fingerprint density at radius 3 is 1.35 bits per heavy atom. The second-order valence-electron chi connectivity index (χ2n) is 10.1. The molecule has 2 unspecified atom stereocenters. The Bertz CT molecular complexity index is 933. The third kappa shape index (κ3) is 9.56. The van der Waals surface area contributed by atoms with Gasteiger partial charge in [-0.05, 0) is 69.5 Å². The first kappa shape index (κ1) is 29.2. The molecule has 0 aliphatic heterocycles.